The number of hydrogen-bond donors (Lipinski definition) is 3. The third kappa shape index (κ3) is 7.36. The number of esters is 1. The van der Waals surface area contributed by atoms with Gasteiger partial charge in [0.05, 0.1) is 25.2 Å². The number of carbonyl (C=O) groups excluding carboxylic acids is 3. The topological polar surface area (TPSA) is 105 Å². The monoisotopic (exact) mass is 360 g/mol. The second-order valence-electron chi connectivity index (χ2n) is 4.37. The summed E-state index contributed by atoms with van der Waals surface area (Å²) in [6, 6.07) is 5.54. The van der Waals surface area contributed by atoms with E-state index in [1.54, 1.807) is 24.3 Å². The maximum Gasteiger partial charge on any atom is 0.330 e. The van der Waals surface area contributed by atoms with E-state index in [4.69, 9.17) is 16.7 Å². The lowest BCUT2D eigenvalue weighted by atomic mass is 10.3. The quantitative estimate of drug-likeness (QED) is 0.588. The van der Waals surface area contributed by atoms with Crippen molar-refractivity contribution < 1.29 is 24.2 Å². The normalized spacial score (nSPS) is 11.4. The van der Waals surface area contributed by atoms with Gasteiger partial charge in [-0.2, -0.15) is 0 Å². The molecule has 23 heavy (non-hydrogen) atoms. The molecule has 3 N–H and O–H groups in total. The van der Waals surface area contributed by atoms with Gasteiger partial charge in [-0.3, -0.25) is 9.59 Å². The molecule has 0 saturated heterocycles. The highest BCUT2D eigenvalue weighted by atomic mass is 35.5. The molecular formula is C14H17ClN2O5S. The lowest BCUT2D eigenvalue weighted by Crippen LogP contribution is -2.44. The van der Waals surface area contributed by atoms with Gasteiger partial charge in [0.15, 0.2) is 6.04 Å². The van der Waals surface area contributed by atoms with Crippen molar-refractivity contribution in [3.63, 3.8) is 0 Å². The third-order valence-electron chi connectivity index (χ3n) is 2.60. The van der Waals surface area contributed by atoms with E-state index in [2.05, 4.69) is 15.4 Å². The maximum atomic E-state index is 11.7. The molecule has 1 atom stereocenters. The fraction of sp³-hybridized carbons (Fsp3) is 0.357. The Labute approximate surface area is 142 Å². The van der Waals surface area contributed by atoms with E-state index in [9.17, 15) is 14.4 Å². The molecule has 0 bridgehead atoms. The fourth-order valence-electron chi connectivity index (χ4n) is 1.52. The summed E-state index contributed by atoms with van der Waals surface area (Å²) in [5.74, 6) is -1.43. The zero-order valence-electron chi connectivity index (χ0n) is 12.4. The van der Waals surface area contributed by atoms with Crippen LogP contribution < -0.4 is 10.6 Å². The number of thioether (sulfide) groups is 1. The van der Waals surface area contributed by atoms with Gasteiger partial charge in [0, 0.05) is 10.7 Å². The highest BCUT2D eigenvalue weighted by Crippen LogP contribution is 2.13. The first kappa shape index (κ1) is 19.3. The molecule has 9 heteroatoms. The van der Waals surface area contributed by atoms with Crippen LogP contribution in [0.3, 0.4) is 0 Å². The largest absolute Gasteiger partial charge is 0.467 e. The molecule has 0 saturated carbocycles. The SMILES string of the molecule is COC(=O)[C@H](CO)NC(=O)CSCC(=O)Nc1ccc(Cl)cc1. The second kappa shape index (κ2) is 10.1. The Morgan fingerprint density at radius 1 is 1.22 bits per heavy atom. The minimum atomic E-state index is -1.10. The van der Waals surface area contributed by atoms with Gasteiger partial charge in [-0.15, -0.1) is 11.8 Å². The van der Waals surface area contributed by atoms with Crippen LogP contribution in [0.2, 0.25) is 5.02 Å². The maximum absolute atomic E-state index is 11.7. The number of halogens is 1. The Kier molecular flexibility index (Phi) is 8.46. The predicted octanol–water partition coefficient (Wildman–Crippen LogP) is 0.662. The average molecular weight is 361 g/mol. The Morgan fingerprint density at radius 3 is 2.39 bits per heavy atom. The van der Waals surface area contributed by atoms with Gasteiger partial charge in [0.25, 0.3) is 0 Å². The van der Waals surface area contributed by atoms with Crippen LogP contribution in [0.4, 0.5) is 5.69 Å². The Balaban J connectivity index is 2.29. The summed E-state index contributed by atoms with van der Waals surface area (Å²) in [4.78, 5) is 34.5. The summed E-state index contributed by atoms with van der Waals surface area (Å²) in [6.07, 6.45) is 0. The standard InChI is InChI=1S/C14H17ClN2O5S/c1-22-14(21)11(6-18)17-13(20)8-23-7-12(19)16-10-4-2-9(15)3-5-10/h2-5,11,18H,6-8H2,1H3,(H,16,19)(H,17,20)/t11-/m0/s1. The minimum absolute atomic E-state index is 0.0263. The molecular weight excluding hydrogens is 344 g/mol. The smallest absolute Gasteiger partial charge is 0.330 e. The predicted molar refractivity (Wildman–Crippen MR) is 88.4 cm³/mol. The van der Waals surface area contributed by atoms with Crippen molar-refractivity contribution in [1.29, 1.82) is 0 Å². The zero-order valence-corrected chi connectivity index (χ0v) is 13.9. The molecule has 0 fully saturated rings. The van der Waals surface area contributed by atoms with Crippen molar-refractivity contribution in [2.24, 2.45) is 0 Å². The molecule has 0 aliphatic heterocycles. The van der Waals surface area contributed by atoms with E-state index in [-0.39, 0.29) is 17.4 Å². The van der Waals surface area contributed by atoms with Crippen molar-refractivity contribution in [3.05, 3.63) is 29.3 Å². The van der Waals surface area contributed by atoms with Gasteiger partial charge in [-0.1, -0.05) is 11.6 Å². The first-order valence-corrected chi connectivity index (χ1v) is 8.10. The third-order valence-corrected chi connectivity index (χ3v) is 3.78. The molecule has 2 amide bonds. The summed E-state index contributed by atoms with van der Waals surface area (Å²) >= 11 is 6.82. The molecule has 1 aromatic rings. The number of benzene rings is 1. The lowest BCUT2D eigenvalue weighted by molar-refractivity contribution is -0.145. The number of methoxy groups -OCH3 is 1. The van der Waals surface area contributed by atoms with E-state index >= 15 is 0 Å². The molecule has 0 aromatic heterocycles. The molecule has 0 heterocycles. The Bertz CT molecular complexity index is 553. The number of carbonyl (C=O) groups is 3. The van der Waals surface area contributed by atoms with Crippen molar-refractivity contribution in [2.45, 2.75) is 6.04 Å². The average Bonchev–Trinajstić information content (AvgIpc) is 2.54. The number of amides is 2. The summed E-state index contributed by atoms with van der Waals surface area (Å²) in [6.45, 7) is -0.555. The minimum Gasteiger partial charge on any atom is -0.467 e. The molecule has 0 spiro atoms. The van der Waals surface area contributed by atoms with Crippen LogP contribution in [-0.4, -0.2) is 54.2 Å². The van der Waals surface area contributed by atoms with Gasteiger partial charge in [0.1, 0.15) is 0 Å². The Hall–Kier alpha value is -1.77. The summed E-state index contributed by atoms with van der Waals surface area (Å²) < 4.78 is 4.43. The fourth-order valence-corrected chi connectivity index (χ4v) is 2.28. The number of ether oxygens (including phenoxy) is 1. The van der Waals surface area contributed by atoms with Crippen LogP contribution in [0.15, 0.2) is 24.3 Å². The van der Waals surface area contributed by atoms with Crippen LogP contribution in [0.25, 0.3) is 0 Å². The summed E-state index contributed by atoms with van der Waals surface area (Å²) in [5, 5.41) is 14.5. The molecule has 0 aliphatic rings. The number of nitrogens with one attached hydrogen (secondary N) is 2. The molecule has 0 radical (unpaired) electrons. The van der Waals surface area contributed by atoms with Crippen LogP contribution in [0, 0.1) is 0 Å². The zero-order chi connectivity index (χ0) is 17.2. The van der Waals surface area contributed by atoms with Gasteiger partial charge in [-0.05, 0) is 24.3 Å². The van der Waals surface area contributed by atoms with E-state index < -0.39 is 24.5 Å². The molecule has 1 rings (SSSR count). The number of rotatable bonds is 8. The molecule has 0 aliphatic carbocycles. The summed E-state index contributed by atoms with van der Waals surface area (Å²) in [7, 11) is 1.16. The highest BCUT2D eigenvalue weighted by Gasteiger charge is 2.20. The highest BCUT2D eigenvalue weighted by molar-refractivity contribution is 8.00. The van der Waals surface area contributed by atoms with Gasteiger partial charge >= 0.3 is 5.97 Å². The van der Waals surface area contributed by atoms with Gasteiger partial charge in [0.2, 0.25) is 11.8 Å². The van der Waals surface area contributed by atoms with Crippen LogP contribution >= 0.6 is 23.4 Å². The van der Waals surface area contributed by atoms with Gasteiger partial charge < -0.3 is 20.5 Å². The lowest BCUT2D eigenvalue weighted by Gasteiger charge is -2.13. The van der Waals surface area contributed by atoms with Crippen molar-refractivity contribution in [1.82, 2.24) is 5.32 Å². The van der Waals surface area contributed by atoms with Crippen molar-refractivity contribution >= 4 is 46.8 Å². The number of aliphatic hydroxyl groups is 1. The van der Waals surface area contributed by atoms with Crippen molar-refractivity contribution in [2.75, 3.05) is 30.5 Å². The first-order valence-electron chi connectivity index (χ1n) is 6.57. The van der Waals surface area contributed by atoms with Gasteiger partial charge in [-0.25, -0.2) is 4.79 Å². The first-order chi connectivity index (χ1) is 11.0. The van der Waals surface area contributed by atoms with E-state index in [0.717, 1.165) is 18.9 Å². The molecule has 1 aromatic carbocycles. The van der Waals surface area contributed by atoms with E-state index in [0.29, 0.717) is 10.7 Å². The molecule has 0 unspecified atom stereocenters. The van der Waals surface area contributed by atoms with Crippen LogP contribution in [0.1, 0.15) is 0 Å². The number of aliphatic hydroxyl groups excluding tert-OH is 1. The summed E-state index contributed by atoms with van der Waals surface area (Å²) in [5.41, 5.74) is 0.607. The number of anilines is 1. The van der Waals surface area contributed by atoms with E-state index in [1.165, 1.54) is 0 Å². The van der Waals surface area contributed by atoms with Crippen LogP contribution in [0.5, 0.6) is 0 Å². The van der Waals surface area contributed by atoms with Crippen LogP contribution in [-0.2, 0) is 19.1 Å². The van der Waals surface area contributed by atoms with Crippen molar-refractivity contribution in [3.8, 4) is 0 Å². The van der Waals surface area contributed by atoms with E-state index in [1.807, 2.05) is 0 Å². The molecule has 7 nitrogen and oxygen atoms in total. The number of hydrogen-bond acceptors (Lipinski definition) is 6. The second-order valence-corrected chi connectivity index (χ2v) is 5.80. The Morgan fingerprint density at radius 2 is 1.83 bits per heavy atom. The molecule has 126 valence electrons.